The summed E-state index contributed by atoms with van der Waals surface area (Å²) in [6.07, 6.45) is 5.68. The Labute approximate surface area is 60.4 Å². The predicted octanol–water partition coefficient (Wildman–Crippen LogP) is 2.33. The molecule has 0 unspecified atom stereocenters. The van der Waals surface area contributed by atoms with Crippen LogP contribution in [-0.4, -0.2) is 5.24 Å². The van der Waals surface area contributed by atoms with Crippen molar-refractivity contribution >= 4 is 16.8 Å². The Balaban J connectivity index is 2.31. The number of carbonyl (C=O) groups excluding carboxylic acids is 1. The van der Waals surface area contributed by atoms with Crippen LogP contribution in [0.3, 0.4) is 0 Å². The molecule has 0 aromatic carbocycles. The fraction of sp³-hybridized carbons (Fsp3) is 0.857. The molecule has 1 aliphatic carbocycles. The van der Waals surface area contributed by atoms with Gasteiger partial charge in [0.25, 0.3) is 0 Å². The quantitative estimate of drug-likeness (QED) is 0.522. The van der Waals surface area contributed by atoms with E-state index in [9.17, 15) is 4.79 Å². The summed E-state index contributed by atoms with van der Waals surface area (Å²) in [7, 11) is 0. The lowest BCUT2D eigenvalue weighted by atomic mass is 9.96. The summed E-state index contributed by atoms with van der Waals surface area (Å²) in [5, 5.41) is -0.130. The zero-order valence-corrected chi connectivity index (χ0v) is 6.16. The molecular weight excluding hydrogens is 138 g/mol. The lowest BCUT2D eigenvalue weighted by Gasteiger charge is -2.16. The average Bonchev–Trinajstić information content (AvgIpc) is 1.90. The van der Waals surface area contributed by atoms with Crippen LogP contribution in [0.15, 0.2) is 0 Å². The van der Waals surface area contributed by atoms with Crippen LogP contribution in [0, 0.1) is 5.92 Å². The molecular formula is C7H11ClO. The molecule has 0 bridgehead atoms. The molecule has 0 heterocycles. The molecule has 0 aromatic rings. The van der Waals surface area contributed by atoms with Crippen molar-refractivity contribution in [2.24, 2.45) is 5.92 Å². The van der Waals surface area contributed by atoms with Crippen molar-refractivity contribution < 1.29 is 4.79 Å². The molecule has 1 aliphatic rings. The normalized spacial score (nSPS) is 21.9. The highest BCUT2D eigenvalue weighted by atomic mass is 35.5. The number of hydrogen-bond donors (Lipinski definition) is 0. The SMILES string of the molecule is O=[14C](Cl)C1CCCCC1. The zero-order valence-electron chi connectivity index (χ0n) is 5.40. The highest BCUT2D eigenvalue weighted by Gasteiger charge is 2.18. The maximum Gasteiger partial charge on any atom is 0.224 e. The van der Waals surface area contributed by atoms with Crippen LogP contribution in [0.1, 0.15) is 32.1 Å². The van der Waals surface area contributed by atoms with E-state index in [4.69, 9.17) is 11.6 Å². The minimum absolute atomic E-state index is 0.130. The lowest BCUT2D eigenvalue weighted by Crippen LogP contribution is -2.12. The van der Waals surface area contributed by atoms with Crippen LogP contribution in [-0.2, 0) is 4.79 Å². The van der Waals surface area contributed by atoms with E-state index in [0.717, 1.165) is 12.8 Å². The minimum atomic E-state index is -0.130. The van der Waals surface area contributed by atoms with Crippen molar-refractivity contribution in [2.75, 3.05) is 0 Å². The van der Waals surface area contributed by atoms with Gasteiger partial charge in [0.1, 0.15) is 0 Å². The van der Waals surface area contributed by atoms with E-state index in [1.165, 1.54) is 19.3 Å². The molecule has 0 N–H and O–H groups in total. The molecule has 1 saturated carbocycles. The van der Waals surface area contributed by atoms with Gasteiger partial charge in [-0.05, 0) is 24.4 Å². The number of halogens is 1. The van der Waals surface area contributed by atoms with Gasteiger partial charge in [0.2, 0.25) is 5.24 Å². The molecule has 52 valence electrons. The third-order valence-corrected chi connectivity index (χ3v) is 2.23. The first kappa shape index (κ1) is 7.07. The van der Waals surface area contributed by atoms with Crippen molar-refractivity contribution in [1.82, 2.24) is 0 Å². The monoisotopic (exact) mass is 148 g/mol. The Morgan fingerprint density at radius 1 is 1.22 bits per heavy atom. The van der Waals surface area contributed by atoms with Crippen molar-refractivity contribution in [3.05, 3.63) is 0 Å². The molecule has 0 atom stereocenters. The van der Waals surface area contributed by atoms with E-state index in [2.05, 4.69) is 0 Å². The van der Waals surface area contributed by atoms with E-state index in [1.54, 1.807) is 0 Å². The largest absolute Gasteiger partial charge is 0.281 e. The van der Waals surface area contributed by atoms with Crippen molar-refractivity contribution in [1.29, 1.82) is 0 Å². The summed E-state index contributed by atoms with van der Waals surface area (Å²) in [5.41, 5.74) is 0. The highest BCUT2D eigenvalue weighted by molar-refractivity contribution is 6.63. The van der Waals surface area contributed by atoms with Gasteiger partial charge < -0.3 is 0 Å². The van der Waals surface area contributed by atoms with Gasteiger partial charge in [-0.25, -0.2) is 0 Å². The second-order valence-corrected chi connectivity index (χ2v) is 3.01. The summed E-state index contributed by atoms with van der Waals surface area (Å²) in [6.45, 7) is 0. The molecule has 0 radical (unpaired) electrons. The molecule has 9 heavy (non-hydrogen) atoms. The lowest BCUT2D eigenvalue weighted by molar-refractivity contribution is -0.115. The summed E-state index contributed by atoms with van der Waals surface area (Å²) in [5.74, 6) is 0.181. The van der Waals surface area contributed by atoms with E-state index in [0.29, 0.717) is 0 Å². The second-order valence-electron chi connectivity index (χ2n) is 2.64. The third-order valence-electron chi connectivity index (χ3n) is 1.93. The molecule has 0 aromatic heterocycles. The molecule has 0 spiro atoms. The standard InChI is InChI=1S/C7H11ClO/c8-7(9)6-4-2-1-3-5-6/h6H,1-5H2/i7+2. The summed E-state index contributed by atoms with van der Waals surface area (Å²) in [4.78, 5) is 10.6. The van der Waals surface area contributed by atoms with Crippen molar-refractivity contribution in [2.45, 2.75) is 32.1 Å². The Morgan fingerprint density at radius 3 is 2.11 bits per heavy atom. The summed E-state index contributed by atoms with van der Waals surface area (Å²) >= 11 is 5.32. The van der Waals surface area contributed by atoms with Gasteiger partial charge in [-0.3, -0.25) is 4.79 Å². The molecule has 0 aliphatic heterocycles. The smallest absolute Gasteiger partial charge is 0.224 e. The van der Waals surface area contributed by atoms with E-state index < -0.39 is 0 Å². The highest BCUT2D eigenvalue weighted by Crippen LogP contribution is 2.24. The van der Waals surface area contributed by atoms with E-state index in [-0.39, 0.29) is 11.2 Å². The second kappa shape index (κ2) is 3.21. The van der Waals surface area contributed by atoms with Gasteiger partial charge >= 0.3 is 0 Å². The van der Waals surface area contributed by atoms with Gasteiger partial charge in [0, 0.05) is 5.92 Å². The van der Waals surface area contributed by atoms with Crippen LogP contribution in [0.5, 0.6) is 0 Å². The predicted molar refractivity (Wildman–Crippen MR) is 37.4 cm³/mol. The molecule has 1 fully saturated rings. The van der Waals surface area contributed by atoms with Gasteiger partial charge in [-0.15, -0.1) is 0 Å². The first-order valence-electron chi connectivity index (χ1n) is 3.50. The average molecular weight is 149 g/mol. The van der Waals surface area contributed by atoms with Gasteiger partial charge in [0.15, 0.2) is 0 Å². The van der Waals surface area contributed by atoms with Crippen molar-refractivity contribution in [3.8, 4) is 0 Å². The topological polar surface area (TPSA) is 17.1 Å². The summed E-state index contributed by atoms with van der Waals surface area (Å²) < 4.78 is 0. The first-order valence-corrected chi connectivity index (χ1v) is 3.88. The molecule has 2 heteroatoms. The third kappa shape index (κ3) is 1.98. The Bertz CT molecular complexity index is 105. The van der Waals surface area contributed by atoms with Gasteiger partial charge in [-0.1, -0.05) is 19.3 Å². The van der Waals surface area contributed by atoms with Crippen LogP contribution >= 0.6 is 11.6 Å². The van der Waals surface area contributed by atoms with Crippen LogP contribution in [0.4, 0.5) is 0 Å². The Kier molecular flexibility index (Phi) is 2.52. The minimum Gasteiger partial charge on any atom is -0.281 e. The molecule has 1 nitrogen and oxygen atoms in total. The number of carbonyl (C=O) groups is 1. The Morgan fingerprint density at radius 2 is 1.78 bits per heavy atom. The number of hydrogen-bond acceptors (Lipinski definition) is 1. The Hall–Kier alpha value is -0.0400. The molecule has 0 saturated heterocycles. The van der Waals surface area contributed by atoms with Gasteiger partial charge in [0.05, 0.1) is 0 Å². The number of rotatable bonds is 1. The summed E-state index contributed by atoms with van der Waals surface area (Å²) in [6, 6.07) is 0. The van der Waals surface area contributed by atoms with E-state index >= 15 is 0 Å². The van der Waals surface area contributed by atoms with Crippen LogP contribution in [0.25, 0.3) is 0 Å². The molecule has 1 rings (SSSR count). The van der Waals surface area contributed by atoms with Crippen LogP contribution < -0.4 is 0 Å². The zero-order chi connectivity index (χ0) is 6.69. The fourth-order valence-corrected chi connectivity index (χ4v) is 1.55. The first-order chi connectivity index (χ1) is 4.30. The van der Waals surface area contributed by atoms with Crippen LogP contribution in [0.2, 0.25) is 0 Å². The molecule has 0 amide bonds. The fourth-order valence-electron chi connectivity index (χ4n) is 1.33. The van der Waals surface area contributed by atoms with Crippen molar-refractivity contribution in [3.63, 3.8) is 0 Å². The van der Waals surface area contributed by atoms with E-state index in [1.807, 2.05) is 0 Å². The van der Waals surface area contributed by atoms with Gasteiger partial charge in [-0.2, -0.15) is 0 Å². The maximum absolute atomic E-state index is 10.6. The maximum atomic E-state index is 10.6.